The van der Waals surface area contributed by atoms with E-state index in [2.05, 4.69) is 182 Å². The van der Waals surface area contributed by atoms with Crippen LogP contribution in [-0.2, 0) is 0 Å². The summed E-state index contributed by atoms with van der Waals surface area (Å²) in [5, 5.41) is 4.67. The first kappa shape index (κ1) is 34.4. The zero-order valence-corrected chi connectivity index (χ0v) is 32.1. The molecule has 2 heterocycles. The third-order valence-corrected chi connectivity index (χ3v) is 11.3. The van der Waals surface area contributed by atoms with Gasteiger partial charge in [0.2, 0.25) is 0 Å². The number of fused-ring (bicyclic) bond motifs is 4. The molecule has 11 aromatic rings. The van der Waals surface area contributed by atoms with Crippen LogP contribution in [-0.4, -0.2) is 9.97 Å². The molecule has 59 heavy (non-hydrogen) atoms. The molecule has 276 valence electrons. The molecule has 0 bridgehead atoms. The monoisotopic (exact) mass is 752 g/mol. The molecule has 0 saturated carbocycles. The Morgan fingerprint density at radius 3 is 1.58 bits per heavy atom. The molecule has 0 amide bonds. The van der Waals surface area contributed by atoms with Gasteiger partial charge in [0.15, 0.2) is 5.82 Å². The summed E-state index contributed by atoms with van der Waals surface area (Å²) in [6.07, 6.45) is 0. The van der Waals surface area contributed by atoms with Crippen LogP contribution < -0.4 is 0 Å². The predicted octanol–water partition coefficient (Wildman–Crippen LogP) is 15.2. The Balaban J connectivity index is 1.10. The first-order chi connectivity index (χ1) is 29.2. The van der Waals surface area contributed by atoms with Crippen LogP contribution in [0.5, 0.6) is 0 Å². The van der Waals surface area contributed by atoms with Crippen LogP contribution in [0.2, 0.25) is 0 Å². The predicted molar refractivity (Wildman–Crippen MR) is 245 cm³/mol. The quantitative estimate of drug-likeness (QED) is 0.163. The van der Waals surface area contributed by atoms with Crippen molar-refractivity contribution < 1.29 is 4.42 Å². The third-order valence-electron chi connectivity index (χ3n) is 11.3. The summed E-state index contributed by atoms with van der Waals surface area (Å²) in [5.74, 6) is 0.682. The Morgan fingerprint density at radius 2 is 0.780 bits per heavy atom. The summed E-state index contributed by atoms with van der Waals surface area (Å²) in [4.78, 5) is 10.5. The number of rotatable bonds is 7. The molecule has 0 radical (unpaired) electrons. The molecular weight excluding hydrogens is 717 g/mol. The number of nitrogens with zero attached hydrogens (tertiary/aromatic N) is 2. The molecule has 9 aromatic carbocycles. The van der Waals surface area contributed by atoms with Gasteiger partial charge in [0.05, 0.1) is 11.4 Å². The van der Waals surface area contributed by atoms with Gasteiger partial charge >= 0.3 is 0 Å². The van der Waals surface area contributed by atoms with Crippen molar-refractivity contribution >= 4 is 32.7 Å². The van der Waals surface area contributed by atoms with E-state index in [4.69, 9.17) is 14.4 Å². The Labute approximate surface area is 342 Å². The fourth-order valence-corrected chi connectivity index (χ4v) is 8.28. The Bertz CT molecular complexity index is 3310. The fourth-order valence-electron chi connectivity index (χ4n) is 8.28. The molecule has 0 saturated heterocycles. The van der Waals surface area contributed by atoms with Crippen molar-refractivity contribution in [2.24, 2.45) is 0 Å². The summed E-state index contributed by atoms with van der Waals surface area (Å²) >= 11 is 0. The zero-order valence-electron chi connectivity index (χ0n) is 32.1. The van der Waals surface area contributed by atoms with E-state index in [-0.39, 0.29) is 0 Å². The van der Waals surface area contributed by atoms with Crippen molar-refractivity contribution in [3.63, 3.8) is 0 Å². The van der Waals surface area contributed by atoms with E-state index >= 15 is 0 Å². The largest absolute Gasteiger partial charge is 0.456 e. The highest BCUT2D eigenvalue weighted by Gasteiger charge is 2.16. The molecule has 11 rings (SSSR count). The number of para-hydroxylation sites is 1. The van der Waals surface area contributed by atoms with E-state index in [1.807, 2.05) is 36.4 Å². The van der Waals surface area contributed by atoms with Gasteiger partial charge in [0.25, 0.3) is 0 Å². The van der Waals surface area contributed by atoms with Crippen molar-refractivity contribution in [3.05, 3.63) is 218 Å². The molecule has 0 unspecified atom stereocenters. The lowest BCUT2D eigenvalue weighted by atomic mass is 9.91. The highest BCUT2D eigenvalue weighted by molar-refractivity contribution is 6.06. The van der Waals surface area contributed by atoms with Crippen molar-refractivity contribution in [1.82, 2.24) is 9.97 Å². The zero-order chi connectivity index (χ0) is 39.1. The summed E-state index contributed by atoms with van der Waals surface area (Å²) < 4.78 is 6.24. The summed E-state index contributed by atoms with van der Waals surface area (Å²) in [6, 6.07) is 77.1. The van der Waals surface area contributed by atoms with Crippen molar-refractivity contribution in [3.8, 4) is 78.4 Å². The summed E-state index contributed by atoms with van der Waals surface area (Å²) in [5.41, 5.74) is 15.6. The van der Waals surface area contributed by atoms with E-state index in [1.54, 1.807) is 0 Å². The molecule has 0 spiro atoms. The maximum absolute atomic E-state index is 6.24. The standard InChI is InChI=1S/C56H36N2O/c1-3-13-37(14-4-1)38-25-27-40(28-26-38)52-36-53(58-56(57-52)41-16-5-2-6-17-41)47-33-45(42-19-11-20-44(31-42)49-23-12-18-39-15-7-8-21-48(39)49)32-46(34-47)43-29-30-55-51(35-43)50-22-9-10-24-54(50)59-55/h1-36H. The molecule has 3 heteroatoms. The van der Waals surface area contributed by atoms with Gasteiger partial charge in [0.1, 0.15) is 11.2 Å². The first-order valence-electron chi connectivity index (χ1n) is 20.0. The fraction of sp³-hybridized carbons (Fsp3) is 0. The Morgan fingerprint density at radius 1 is 0.271 bits per heavy atom. The number of benzene rings is 9. The second-order valence-corrected chi connectivity index (χ2v) is 15.0. The molecular formula is C56H36N2O. The van der Waals surface area contributed by atoms with Crippen LogP contribution in [0.25, 0.3) is 111 Å². The van der Waals surface area contributed by atoms with Crippen LogP contribution in [0.15, 0.2) is 223 Å². The van der Waals surface area contributed by atoms with E-state index in [1.165, 1.54) is 27.5 Å². The number of furan rings is 1. The van der Waals surface area contributed by atoms with Gasteiger partial charge in [-0.1, -0.05) is 170 Å². The molecule has 0 aliphatic heterocycles. The number of hydrogen-bond acceptors (Lipinski definition) is 3. The second kappa shape index (κ2) is 14.6. The molecule has 0 aliphatic rings. The molecule has 2 aromatic heterocycles. The number of aromatic nitrogens is 2. The first-order valence-corrected chi connectivity index (χ1v) is 20.0. The highest BCUT2D eigenvalue weighted by Crippen LogP contribution is 2.39. The number of hydrogen-bond donors (Lipinski definition) is 0. The van der Waals surface area contributed by atoms with E-state index in [0.717, 1.165) is 77.8 Å². The second-order valence-electron chi connectivity index (χ2n) is 15.0. The SMILES string of the molecule is c1ccc(-c2ccc(-c3cc(-c4cc(-c5cccc(-c6cccc7ccccc67)c5)cc(-c5ccc6oc7ccccc7c6c5)c4)nc(-c4ccccc4)n3)cc2)cc1. The Hall–Kier alpha value is -7.88. The normalized spacial score (nSPS) is 11.4. The lowest BCUT2D eigenvalue weighted by Gasteiger charge is -2.14. The summed E-state index contributed by atoms with van der Waals surface area (Å²) in [7, 11) is 0. The third kappa shape index (κ3) is 6.55. The smallest absolute Gasteiger partial charge is 0.160 e. The van der Waals surface area contributed by atoms with E-state index < -0.39 is 0 Å². The van der Waals surface area contributed by atoms with Crippen molar-refractivity contribution in [2.75, 3.05) is 0 Å². The van der Waals surface area contributed by atoms with Crippen LogP contribution in [0.1, 0.15) is 0 Å². The average molecular weight is 753 g/mol. The van der Waals surface area contributed by atoms with Gasteiger partial charge < -0.3 is 4.42 Å². The van der Waals surface area contributed by atoms with Gasteiger partial charge in [-0.05, 0) is 104 Å². The highest BCUT2D eigenvalue weighted by atomic mass is 16.3. The van der Waals surface area contributed by atoms with Crippen LogP contribution >= 0.6 is 0 Å². The molecule has 0 N–H and O–H groups in total. The molecule has 0 atom stereocenters. The lowest BCUT2D eigenvalue weighted by Crippen LogP contribution is -1.96. The molecule has 0 fully saturated rings. The maximum atomic E-state index is 6.24. The van der Waals surface area contributed by atoms with Gasteiger partial charge in [-0.2, -0.15) is 0 Å². The molecule has 3 nitrogen and oxygen atoms in total. The summed E-state index contributed by atoms with van der Waals surface area (Å²) in [6.45, 7) is 0. The minimum atomic E-state index is 0.682. The maximum Gasteiger partial charge on any atom is 0.160 e. The van der Waals surface area contributed by atoms with Crippen LogP contribution in [0, 0.1) is 0 Å². The van der Waals surface area contributed by atoms with Gasteiger partial charge in [-0.25, -0.2) is 9.97 Å². The average Bonchev–Trinajstić information content (AvgIpc) is 3.70. The van der Waals surface area contributed by atoms with E-state index in [9.17, 15) is 0 Å². The van der Waals surface area contributed by atoms with Gasteiger partial charge in [-0.3, -0.25) is 0 Å². The topological polar surface area (TPSA) is 38.9 Å². The van der Waals surface area contributed by atoms with E-state index in [0.29, 0.717) is 5.82 Å². The minimum Gasteiger partial charge on any atom is -0.456 e. The lowest BCUT2D eigenvalue weighted by molar-refractivity contribution is 0.669. The van der Waals surface area contributed by atoms with Crippen LogP contribution in [0.3, 0.4) is 0 Å². The minimum absolute atomic E-state index is 0.682. The van der Waals surface area contributed by atoms with Gasteiger partial charge in [-0.15, -0.1) is 0 Å². The Kier molecular flexibility index (Phi) is 8.49. The van der Waals surface area contributed by atoms with Crippen LogP contribution in [0.4, 0.5) is 0 Å². The van der Waals surface area contributed by atoms with Gasteiger partial charge in [0, 0.05) is 27.5 Å². The molecule has 0 aliphatic carbocycles. The van der Waals surface area contributed by atoms with Crippen molar-refractivity contribution in [2.45, 2.75) is 0 Å². The van der Waals surface area contributed by atoms with Crippen molar-refractivity contribution in [1.29, 1.82) is 0 Å².